The Morgan fingerprint density at radius 3 is 2.33 bits per heavy atom. The van der Waals surface area contributed by atoms with Crippen molar-refractivity contribution in [2.75, 3.05) is 6.61 Å². The van der Waals surface area contributed by atoms with E-state index in [1.165, 1.54) is 4.57 Å². The summed E-state index contributed by atoms with van der Waals surface area (Å²) in [6, 6.07) is 1.17. The van der Waals surface area contributed by atoms with Gasteiger partial charge in [-0.2, -0.15) is 4.98 Å². The number of fused-ring (bicyclic) bond motifs is 1. The Balaban J connectivity index is 1.32. The second-order valence-electron chi connectivity index (χ2n) is 9.06. The highest BCUT2D eigenvalue weighted by Crippen LogP contribution is 2.35. The summed E-state index contributed by atoms with van der Waals surface area (Å²) >= 11 is 0. The highest BCUT2D eigenvalue weighted by atomic mass is 19.3. The largest absolute Gasteiger partial charge is 0.487 e. The van der Waals surface area contributed by atoms with Crippen LogP contribution in [0.3, 0.4) is 0 Å². The number of rotatable bonds is 10. The summed E-state index contributed by atoms with van der Waals surface area (Å²) in [4.78, 5) is 15.3. The van der Waals surface area contributed by atoms with Gasteiger partial charge in [-0.3, -0.25) is 9.36 Å². The number of carbonyl (C=O) groups is 1. The maximum atomic E-state index is 14.9. The van der Waals surface area contributed by atoms with Gasteiger partial charge in [0.05, 0.1) is 12.2 Å². The second kappa shape index (κ2) is 9.87. The number of ether oxygens (including phenoxy) is 3. The number of aromatic nitrogens is 2. The molecule has 0 bridgehead atoms. The zero-order valence-electron chi connectivity index (χ0n) is 18.7. The van der Waals surface area contributed by atoms with Crippen molar-refractivity contribution in [3.8, 4) is 11.8 Å². The molecule has 0 unspecified atom stereocenters. The summed E-state index contributed by atoms with van der Waals surface area (Å²) in [5.74, 6) is -2.77. The van der Waals surface area contributed by atoms with Crippen LogP contribution in [0.1, 0.15) is 51.9 Å². The molecule has 2 aliphatic rings. The number of Topliss-reactive ketones (excluding diaryl/α,β-unsaturated/α-hetero) is 1. The molecule has 2 aromatic rings. The Kier molecular flexibility index (Phi) is 7.11. The van der Waals surface area contributed by atoms with Crippen molar-refractivity contribution < 1.29 is 36.6 Å². The van der Waals surface area contributed by atoms with E-state index in [1.54, 1.807) is 14.0 Å². The van der Waals surface area contributed by atoms with E-state index in [0.29, 0.717) is 25.7 Å². The van der Waals surface area contributed by atoms with Gasteiger partial charge in [0.1, 0.15) is 17.1 Å². The molecule has 33 heavy (non-hydrogen) atoms. The van der Waals surface area contributed by atoms with Gasteiger partial charge in [0.15, 0.2) is 23.2 Å². The standard InChI is InChI=1S/C23H28F4N2O4/c1-12(9-17(30)22(26)27)11-31-13-3-5-15(6-4-13)33-23-28-20-16(24)10-18(32-14-7-8-14)19(25)21(20)29(23)2/h10,12-15,22H,3-9,11H2,1-2H3/t12-,13?,15?/m1/s1. The number of imidazole rings is 1. The number of benzene rings is 1. The predicted octanol–water partition coefficient (Wildman–Crippen LogP) is 4.96. The molecule has 0 aliphatic heterocycles. The first-order valence-electron chi connectivity index (χ1n) is 11.3. The Morgan fingerprint density at radius 2 is 1.70 bits per heavy atom. The fourth-order valence-electron chi connectivity index (χ4n) is 4.07. The lowest BCUT2D eigenvalue weighted by Crippen LogP contribution is -2.30. The summed E-state index contributed by atoms with van der Waals surface area (Å²) in [6.45, 7) is 1.95. The van der Waals surface area contributed by atoms with Gasteiger partial charge in [0.25, 0.3) is 12.4 Å². The van der Waals surface area contributed by atoms with Crippen LogP contribution in [0.4, 0.5) is 17.6 Å². The van der Waals surface area contributed by atoms with Crippen molar-refractivity contribution in [2.24, 2.45) is 13.0 Å². The molecule has 0 radical (unpaired) electrons. The van der Waals surface area contributed by atoms with Crippen LogP contribution in [0, 0.1) is 17.6 Å². The molecule has 1 aromatic carbocycles. The molecular weight excluding hydrogens is 444 g/mol. The third-order valence-corrected chi connectivity index (χ3v) is 6.08. The van der Waals surface area contributed by atoms with Crippen molar-refractivity contribution in [1.29, 1.82) is 0 Å². The summed E-state index contributed by atoms with van der Waals surface area (Å²) < 4.78 is 72.8. The van der Waals surface area contributed by atoms with E-state index in [2.05, 4.69) is 4.98 Å². The van der Waals surface area contributed by atoms with Gasteiger partial charge in [-0.05, 0) is 44.4 Å². The number of nitrogens with zero attached hydrogens (tertiary/aromatic N) is 2. The molecule has 1 aromatic heterocycles. The van der Waals surface area contributed by atoms with Crippen LogP contribution in [0.25, 0.3) is 11.0 Å². The van der Waals surface area contributed by atoms with Crippen LogP contribution in [0.2, 0.25) is 0 Å². The molecule has 182 valence electrons. The molecule has 0 N–H and O–H groups in total. The minimum atomic E-state index is -2.94. The maximum absolute atomic E-state index is 14.9. The van der Waals surface area contributed by atoms with E-state index in [1.807, 2.05) is 0 Å². The molecule has 2 aliphatic carbocycles. The number of ketones is 1. The SMILES string of the molecule is C[C@@H](COC1CCC(Oc2nc3c(F)cc(OC4CC4)c(F)c3n2C)CC1)CC(=O)C(F)F. The maximum Gasteiger partial charge on any atom is 0.297 e. The van der Waals surface area contributed by atoms with E-state index >= 15 is 0 Å². The van der Waals surface area contributed by atoms with Crippen molar-refractivity contribution in [3.05, 3.63) is 17.7 Å². The van der Waals surface area contributed by atoms with Gasteiger partial charge in [-0.1, -0.05) is 6.92 Å². The van der Waals surface area contributed by atoms with Crippen LogP contribution < -0.4 is 9.47 Å². The lowest BCUT2D eigenvalue weighted by atomic mass is 9.95. The van der Waals surface area contributed by atoms with Crippen molar-refractivity contribution >= 4 is 16.8 Å². The van der Waals surface area contributed by atoms with Crippen LogP contribution in [-0.4, -0.2) is 46.7 Å². The summed E-state index contributed by atoms with van der Waals surface area (Å²) in [5, 5.41) is 0. The number of halogens is 4. The first-order valence-corrected chi connectivity index (χ1v) is 11.3. The molecular formula is C23H28F4N2O4. The van der Waals surface area contributed by atoms with Crippen LogP contribution >= 0.6 is 0 Å². The summed E-state index contributed by atoms with van der Waals surface area (Å²) in [7, 11) is 1.57. The molecule has 2 saturated carbocycles. The van der Waals surface area contributed by atoms with E-state index in [4.69, 9.17) is 14.2 Å². The minimum Gasteiger partial charge on any atom is -0.487 e. The van der Waals surface area contributed by atoms with Gasteiger partial charge >= 0.3 is 0 Å². The molecule has 1 atom stereocenters. The van der Waals surface area contributed by atoms with Gasteiger partial charge in [-0.15, -0.1) is 0 Å². The molecule has 0 amide bonds. The summed E-state index contributed by atoms with van der Waals surface area (Å²) in [5.41, 5.74) is -0.0949. The molecule has 2 fully saturated rings. The fourth-order valence-corrected chi connectivity index (χ4v) is 4.07. The number of hydrogen-bond acceptors (Lipinski definition) is 5. The molecule has 10 heteroatoms. The average molecular weight is 472 g/mol. The quantitative estimate of drug-likeness (QED) is 0.458. The zero-order chi connectivity index (χ0) is 23.7. The topological polar surface area (TPSA) is 62.6 Å². The van der Waals surface area contributed by atoms with Crippen LogP contribution in [-0.2, 0) is 16.6 Å². The number of carbonyl (C=O) groups excluding carboxylic acids is 1. The molecule has 0 spiro atoms. The zero-order valence-corrected chi connectivity index (χ0v) is 18.7. The highest BCUT2D eigenvalue weighted by Gasteiger charge is 2.29. The van der Waals surface area contributed by atoms with Gasteiger partial charge < -0.3 is 14.2 Å². The van der Waals surface area contributed by atoms with E-state index in [-0.39, 0.29) is 60.1 Å². The Labute approximate surface area is 189 Å². The van der Waals surface area contributed by atoms with E-state index in [9.17, 15) is 22.4 Å². The van der Waals surface area contributed by atoms with E-state index < -0.39 is 23.8 Å². The number of alkyl halides is 2. The number of aryl methyl sites for hydroxylation is 1. The Morgan fingerprint density at radius 1 is 1.09 bits per heavy atom. The first-order chi connectivity index (χ1) is 15.7. The summed E-state index contributed by atoms with van der Waals surface area (Å²) in [6.07, 6.45) is 0.890. The smallest absolute Gasteiger partial charge is 0.297 e. The Hall–Kier alpha value is -2.36. The van der Waals surface area contributed by atoms with Gasteiger partial charge in [0, 0.05) is 26.1 Å². The average Bonchev–Trinajstić information content (AvgIpc) is 3.53. The number of hydrogen-bond donors (Lipinski definition) is 0. The van der Waals surface area contributed by atoms with Gasteiger partial charge in [-0.25, -0.2) is 17.6 Å². The lowest BCUT2D eigenvalue weighted by Gasteiger charge is -2.29. The van der Waals surface area contributed by atoms with Gasteiger partial charge in [0.2, 0.25) is 0 Å². The third-order valence-electron chi connectivity index (χ3n) is 6.08. The van der Waals surface area contributed by atoms with Crippen LogP contribution in [0.15, 0.2) is 6.07 Å². The molecule has 0 saturated heterocycles. The van der Waals surface area contributed by atoms with Crippen molar-refractivity contribution in [3.63, 3.8) is 0 Å². The fraction of sp³-hybridized carbons (Fsp3) is 0.652. The lowest BCUT2D eigenvalue weighted by molar-refractivity contribution is -0.131. The Bertz CT molecular complexity index is 1000. The van der Waals surface area contributed by atoms with Crippen LogP contribution in [0.5, 0.6) is 11.8 Å². The highest BCUT2D eigenvalue weighted by molar-refractivity contribution is 5.81. The van der Waals surface area contributed by atoms with Crippen molar-refractivity contribution in [2.45, 2.75) is 76.6 Å². The molecule has 6 nitrogen and oxygen atoms in total. The van der Waals surface area contributed by atoms with Crippen molar-refractivity contribution in [1.82, 2.24) is 9.55 Å². The molecule has 1 heterocycles. The first kappa shape index (κ1) is 23.8. The predicted molar refractivity (Wildman–Crippen MR) is 112 cm³/mol. The monoisotopic (exact) mass is 472 g/mol. The third kappa shape index (κ3) is 5.59. The second-order valence-corrected chi connectivity index (χ2v) is 9.06. The van der Waals surface area contributed by atoms with E-state index in [0.717, 1.165) is 18.9 Å². The molecule has 4 rings (SSSR count). The minimum absolute atomic E-state index is 0.00463. The normalized spacial score (nSPS) is 22.0.